The molecule has 0 bridgehead atoms. The Morgan fingerprint density at radius 1 is 1.09 bits per heavy atom. The lowest BCUT2D eigenvalue weighted by Crippen LogP contribution is -2.00. The van der Waals surface area contributed by atoms with E-state index in [4.69, 9.17) is 16.0 Å². The van der Waals surface area contributed by atoms with Crippen molar-refractivity contribution in [2.24, 2.45) is 0 Å². The number of nitrogens with zero attached hydrogens (tertiary/aromatic N) is 1. The second-order valence-electron chi connectivity index (χ2n) is 5.17. The Bertz CT molecular complexity index is 1040. The Morgan fingerprint density at radius 2 is 1.91 bits per heavy atom. The van der Waals surface area contributed by atoms with Gasteiger partial charge in [-0.15, -0.1) is 0 Å². The van der Waals surface area contributed by atoms with Gasteiger partial charge in [0.25, 0.3) is 0 Å². The Morgan fingerprint density at radius 3 is 2.70 bits per heavy atom. The predicted octanol–water partition coefficient (Wildman–Crippen LogP) is 5.00. The zero-order valence-corrected chi connectivity index (χ0v) is 12.5. The van der Waals surface area contributed by atoms with Crippen molar-refractivity contribution in [1.82, 2.24) is 4.98 Å². The summed E-state index contributed by atoms with van der Waals surface area (Å²) in [5, 5.41) is 11.4. The first-order chi connectivity index (χ1) is 11.1. The molecule has 2 aromatic carbocycles. The topological polar surface area (TPSA) is 63.3 Å². The molecule has 2 heterocycles. The van der Waals surface area contributed by atoms with E-state index in [2.05, 4.69) is 4.98 Å². The van der Waals surface area contributed by atoms with Gasteiger partial charge in [-0.2, -0.15) is 0 Å². The fraction of sp³-hybridized carbons (Fsp3) is 0. The van der Waals surface area contributed by atoms with Crippen LogP contribution < -0.4 is 0 Å². The predicted molar refractivity (Wildman–Crippen MR) is 88.9 cm³/mol. The lowest BCUT2D eigenvalue weighted by molar-refractivity contribution is 0.0699. The van der Waals surface area contributed by atoms with Crippen molar-refractivity contribution >= 4 is 39.4 Å². The van der Waals surface area contributed by atoms with Crippen molar-refractivity contribution in [2.45, 2.75) is 0 Å². The third kappa shape index (κ3) is 2.33. The summed E-state index contributed by atoms with van der Waals surface area (Å²) in [5.74, 6) is -0.498. The van der Waals surface area contributed by atoms with Crippen LogP contribution in [0.4, 0.5) is 0 Å². The summed E-state index contributed by atoms with van der Waals surface area (Å²) in [6.45, 7) is 0. The van der Waals surface area contributed by atoms with Crippen LogP contribution in [0.5, 0.6) is 0 Å². The number of carboxylic acids is 1. The van der Waals surface area contributed by atoms with Crippen LogP contribution in [0, 0.1) is 0 Å². The summed E-state index contributed by atoms with van der Waals surface area (Å²) in [5.41, 5.74) is 1.92. The molecule has 0 radical (unpaired) electrons. The highest BCUT2D eigenvalue weighted by atomic mass is 35.5. The van der Waals surface area contributed by atoms with Crippen LogP contribution in [0.1, 0.15) is 10.4 Å². The van der Waals surface area contributed by atoms with Gasteiger partial charge in [-0.25, -0.2) is 9.78 Å². The minimum Gasteiger partial charge on any atom is -0.478 e. The summed E-state index contributed by atoms with van der Waals surface area (Å²) in [4.78, 5) is 16.1. The number of aromatic nitrogens is 1. The summed E-state index contributed by atoms with van der Waals surface area (Å²) in [7, 11) is 0. The molecule has 112 valence electrons. The van der Waals surface area contributed by atoms with Crippen molar-refractivity contribution < 1.29 is 14.3 Å². The average molecular weight is 324 g/mol. The molecule has 0 spiro atoms. The average Bonchev–Trinajstić information content (AvgIpc) is 2.97. The van der Waals surface area contributed by atoms with E-state index >= 15 is 0 Å². The van der Waals surface area contributed by atoms with Gasteiger partial charge < -0.3 is 9.52 Å². The molecule has 0 aliphatic carbocycles. The lowest BCUT2D eigenvalue weighted by atomic mass is 10.1. The Kier molecular flexibility index (Phi) is 3.06. The molecule has 4 rings (SSSR count). The number of halogens is 1. The van der Waals surface area contributed by atoms with Crippen LogP contribution in [0.3, 0.4) is 0 Å². The molecule has 0 aliphatic heterocycles. The van der Waals surface area contributed by atoms with Gasteiger partial charge in [0.05, 0.1) is 11.1 Å². The number of benzene rings is 2. The smallest absolute Gasteiger partial charge is 0.336 e. The number of pyridine rings is 1. The molecule has 0 fully saturated rings. The molecule has 0 saturated carbocycles. The maximum Gasteiger partial charge on any atom is 0.336 e. The standard InChI is InChI=1S/C18H10ClNO3/c19-11-5-6-14-12(8-11)13(18(21)22)9-15(20-14)17-7-10-3-1-2-4-16(10)23-17/h1-9H,(H,21,22). The number of carboxylic acid groups (broad SMARTS) is 1. The molecule has 4 nitrogen and oxygen atoms in total. The first-order valence-electron chi connectivity index (χ1n) is 6.94. The van der Waals surface area contributed by atoms with Crippen LogP contribution in [0.2, 0.25) is 5.02 Å². The third-order valence-electron chi connectivity index (χ3n) is 3.68. The number of hydrogen-bond donors (Lipinski definition) is 1. The van der Waals surface area contributed by atoms with Crippen molar-refractivity contribution in [3.8, 4) is 11.5 Å². The largest absolute Gasteiger partial charge is 0.478 e. The van der Waals surface area contributed by atoms with Gasteiger partial charge in [0, 0.05) is 15.8 Å². The molecule has 4 aromatic rings. The van der Waals surface area contributed by atoms with Gasteiger partial charge >= 0.3 is 5.97 Å². The molecule has 0 amide bonds. The van der Waals surface area contributed by atoms with E-state index in [1.165, 1.54) is 6.07 Å². The summed E-state index contributed by atoms with van der Waals surface area (Å²) in [6.07, 6.45) is 0. The monoisotopic (exact) mass is 323 g/mol. The van der Waals surface area contributed by atoms with Crippen molar-refractivity contribution in [2.75, 3.05) is 0 Å². The Hall–Kier alpha value is -2.85. The van der Waals surface area contributed by atoms with Crippen molar-refractivity contribution in [3.63, 3.8) is 0 Å². The van der Waals surface area contributed by atoms with E-state index in [1.807, 2.05) is 30.3 Å². The lowest BCUT2D eigenvalue weighted by Gasteiger charge is -2.05. The number of carbonyl (C=O) groups is 1. The van der Waals surface area contributed by atoms with E-state index in [1.54, 1.807) is 18.2 Å². The first-order valence-corrected chi connectivity index (χ1v) is 7.32. The molecule has 0 unspecified atom stereocenters. The summed E-state index contributed by atoms with van der Waals surface area (Å²) in [6, 6.07) is 16.0. The number of para-hydroxylation sites is 1. The van der Waals surface area contributed by atoms with Gasteiger partial charge in [0.1, 0.15) is 11.3 Å². The SMILES string of the molecule is O=C(O)c1cc(-c2cc3ccccc3o2)nc2ccc(Cl)cc12. The minimum atomic E-state index is -1.03. The van der Waals surface area contributed by atoms with Crippen molar-refractivity contribution in [1.29, 1.82) is 0 Å². The van der Waals surface area contributed by atoms with Crippen LogP contribution in [-0.2, 0) is 0 Å². The Balaban J connectivity index is 2.00. The highest BCUT2D eigenvalue weighted by Gasteiger charge is 2.15. The Labute approximate surface area is 135 Å². The number of aromatic carboxylic acids is 1. The first kappa shape index (κ1) is 13.8. The molecule has 0 saturated heterocycles. The molecule has 0 aliphatic rings. The van der Waals surface area contributed by atoms with Gasteiger partial charge in [0.15, 0.2) is 5.76 Å². The molecule has 23 heavy (non-hydrogen) atoms. The molecule has 1 N–H and O–H groups in total. The zero-order chi connectivity index (χ0) is 16.0. The fourth-order valence-electron chi connectivity index (χ4n) is 2.61. The van der Waals surface area contributed by atoms with E-state index in [0.717, 1.165) is 11.0 Å². The molecule has 0 atom stereocenters. The molecule has 5 heteroatoms. The van der Waals surface area contributed by atoms with Crippen molar-refractivity contribution in [3.05, 3.63) is 65.2 Å². The van der Waals surface area contributed by atoms with Crippen LogP contribution >= 0.6 is 11.6 Å². The highest BCUT2D eigenvalue weighted by Crippen LogP contribution is 2.30. The number of hydrogen-bond acceptors (Lipinski definition) is 3. The fourth-order valence-corrected chi connectivity index (χ4v) is 2.78. The van der Waals surface area contributed by atoms with E-state index < -0.39 is 5.97 Å². The molecule has 2 aromatic heterocycles. The number of rotatable bonds is 2. The van der Waals surface area contributed by atoms with E-state index in [-0.39, 0.29) is 5.56 Å². The van der Waals surface area contributed by atoms with E-state index in [0.29, 0.717) is 27.4 Å². The maximum atomic E-state index is 11.6. The van der Waals surface area contributed by atoms with Crippen LogP contribution in [0.25, 0.3) is 33.3 Å². The summed E-state index contributed by atoms with van der Waals surface area (Å²) >= 11 is 5.97. The zero-order valence-electron chi connectivity index (χ0n) is 11.8. The summed E-state index contributed by atoms with van der Waals surface area (Å²) < 4.78 is 5.78. The second kappa shape index (κ2) is 5.11. The second-order valence-corrected chi connectivity index (χ2v) is 5.61. The third-order valence-corrected chi connectivity index (χ3v) is 3.91. The van der Waals surface area contributed by atoms with Gasteiger partial charge in [-0.05, 0) is 36.4 Å². The quantitative estimate of drug-likeness (QED) is 0.564. The molecular formula is C18H10ClNO3. The number of fused-ring (bicyclic) bond motifs is 2. The van der Waals surface area contributed by atoms with Crippen LogP contribution in [0.15, 0.2) is 59.0 Å². The number of furan rings is 1. The molecular weight excluding hydrogens is 314 g/mol. The van der Waals surface area contributed by atoms with Gasteiger partial charge in [-0.3, -0.25) is 0 Å². The highest BCUT2D eigenvalue weighted by molar-refractivity contribution is 6.31. The van der Waals surface area contributed by atoms with Gasteiger partial charge in [0.2, 0.25) is 0 Å². The van der Waals surface area contributed by atoms with Gasteiger partial charge in [-0.1, -0.05) is 29.8 Å². The van der Waals surface area contributed by atoms with Crippen LogP contribution in [-0.4, -0.2) is 16.1 Å². The van der Waals surface area contributed by atoms with E-state index in [9.17, 15) is 9.90 Å². The normalized spacial score (nSPS) is 11.2. The minimum absolute atomic E-state index is 0.146. The maximum absolute atomic E-state index is 11.6.